The third-order valence-electron chi connectivity index (χ3n) is 4.56. The Kier molecular flexibility index (Phi) is 7.49. The lowest BCUT2D eigenvalue weighted by atomic mass is 10.2. The van der Waals surface area contributed by atoms with Crippen molar-refractivity contribution in [2.24, 2.45) is 0 Å². The topological polar surface area (TPSA) is 81.9 Å². The first-order chi connectivity index (χ1) is 16.0. The highest BCUT2D eigenvalue weighted by atomic mass is 35.5. The number of aryl methyl sites for hydroxylation is 1. The van der Waals surface area contributed by atoms with Gasteiger partial charge < -0.3 is 10.1 Å². The van der Waals surface area contributed by atoms with E-state index in [1.807, 2.05) is 66.1 Å². The van der Waals surface area contributed by atoms with Gasteiger partial charge in [0.1, 0.15) is 23.3 Å². The van der Waals surface area contributed by atoms with Gasteiger partial charge in [-0.1, -0.05) is 65.3 Å². The van der Waals surface area contributed by atoms with Crippen LogP contribution in [0.2, 0.25) is 10.3 Å². The molecule has 0 aliphatic carbocycles. The van der Waals surface area contributed by atoms with E-state index in [4.69, 9.17) is 27.9 Å². The molecule has 0 fully saturated rings. The molecule has 4 aromatic rings. The van der Waals surface area contributed by atoms with E-state index >= 15 is 0 Å². The molecule has 0 radical (unpaired) electrons. The summed E-state index contributed by atoms with van der Waals surface area (Å²) in [6, 6.07) is 20.8. The van der Waals surface area contributed by atoms with Crippen molar-refractivity contribution in [3.05, 3.63) is 88.4 Å². The number of carbonyl (C=O) groups is 1. The Bertz CT molecular complexity index is 1250. The zero-order chi connectivity index (χ0) is 23.2. The second kappa shape index (κ2) is 10.7. The van der Waals surface area contributed by atoms with Crippen LogP contribution >= 0.6 is 35.0 Å². The minimum atomic E-state index is -0.247. The molecule has 0 saturated carbocycles. The lowest BCUT2D eigenvalue weighted by Crippen LogP contribution is -2.15. The number of anilines is 1. The highest BCUT2D eigenvalue weighted by Gasteiger charge is 2.15. The highest BCUT2D eigenvalue weighted by molar-refractivity contribution is 7.99. The number of nitrogens with one attached hydrogen (secondary N) is 1. The van der Waals surface area contributed by atoms with E-state index in [-0.39, 0.29) is 22.0 Å². The summed E-state index contributed by atoms with van der Waals surface area (Å²) >= 11 is 13.1. The van der Waals surface area contributed by atoms with E-state index in [1.165, 1.54) is 11.8 Å². The molecule has 168 valence electrons. The third kappa shape index (κ3) is 6.04. The van der Waals surface area contributed by atoms with Gasteiger partial charge in [-0.15, -0.1) is 10.2 Å². The molecular formula is C23H19Cl2N5O2S. The van der Waals surface area contributed by atoms with Gasteiger partial charge in [0.2, 0.25) is 5.91 Å². The number of rotatable bonds is 8. The predicted octanol–water partition coefficient (Wildman–Crippen LogP) is 5.59. The number of benzene rings is 2. The number of nitrogens with zero attached hydrogens (tertiary/aromatic N) is 4. The van der Waals surface area contributed by atoms with Gasteiger partial charge in [0, 0.05) is 5.69 Å². The lowest BCUT2D eigenvalue weighted by molar-refractivity contribution is -0.113. The van der Waals surface area contributed by atoms with Crippen LogP contribution in [0, 0.1) is 6.92 Å². The normalized spacial score (nSPS) is 10.8. The molecule has 10 heteroatoms. The summed E-state index contributed by atoms with van der Waals surface area (Å²) in [5.41, 5.74) is 2.37. The summed E-state index contributed by atoms with van der Waals surface area (Å²) in [6.07, 6.45) is 0. The Morgan fingerprint density at radius 3 is 2.52 bits per heavy atom. The van der Waals surface area contributed by atoms with Gasteiger partial charge in [0.15, 0.2) is 10.3 Å². The van der Waals surface area contributed by atoms with Crippen molar-refractivity contribution >= 4 is 46.6 Å². The van der Waals surface area contributed by atoms with E-state index in [1.54, 1.807) is 12.1 Å². The number of halogens is 2. The second-order valence-electron chi connectivity index (χ2n) is 6.94. The summed E-state index contributed by atoms with van der Waals surface area (Å²) in [5.74, 6) is 1.34. The summed E-state index contributed by atoms with van der Waals surface area (Å²) in [6.45, 7) is 2.35. The van der Waals surface area contributed by atoms with Gasteiger partial charge in [-0.25, -0.2) is 4.98 Å². The standard InChI is InChI=1S/C23H19Cl2N5O2S/c1-15-28-29-23(33-14-21(31)26-19-11-12-20(24)27-22(19)25)30(15)17-7-9-18(10-8-17)32-13-16-5-3-2-4-6-16/h2-12H,13-14H2,1H3,(H,26,31). The van der Waals surface area contributed by atoms with Crippen LogP contribution in [0.4, 0.5) is 5.69 Å². The monoisotopic (exact) mass is 499 g/mol. The zero-order valence-corrected chi connectivity index (χ0v) is 19.9. The molecule has 33 heavy (non-hydrogen) atoms. The molecule has 0 atom stereocenters. The molecule has 2 heterocycles. The Morgan fingerprint density at radius 1 is 1.03 bits per heavy atom. The van der Waals surface area contributed by atoms with Crippen LogP contribution < -0.4 is 10.1 Å². The largest absolute Gasteiger partial charge is 0.489 e. The van der Waals surface area contributed by atoms with Crippen molar-refractivity contribution in [3.8, 4) is 11.4 Å². The van der Waals surface area contributed by atoms with Crippen molar-refractivity contribution in [2.45, 2.75) is 18.7 Å². The van der Waals surface area contributed by atoms with Crippen molar-refractivity contribution in [2.75, 3.05) is 11.1 Å². The molecule has 0 aliphatic rings. The lowest BCUT2D eigenvalue weighted by Gasteiger charge is -2.11. The maximum absolute atomic E-state index is 12.4. The SMILES string of the molecule is Cc1nnc(SCC(=O)Nc2ccc(Cl)nc2Cl)n1-c1ccc(OCc2ccccc2)cc1. The van der Waals surface area contributed by atoms with E-state index in [2.05, 4.69) is 20.5 Å². The number of aromatic nitrogens is 4. The molecule has 0 saturated heterocycles. The molecule has 7 nitrogen and oxygen atoms in total. The number of amides is 1. The third-order valence-corrected chi connectivity index (χ3v) is 5.99. The molecule has 1 amide bonds. The number of thioether (sulfide) groups is 1. The fourth-order valence-corrected chi connectivity index (χ4v) is 4.18. The molecular weight excluding hydrogens is 481 g/mol. The van der Waals surface area contributed by atoms with Crippen molar-refractivity contribution < 1.29 is 9.53 Å². The Morgan fingerprint density at radius 2 is 1.79 bits per heavy atom. The quantitative estimate of drug-likeness (QED) is 0.251. The molecule has 4 rings (SSSR count). The van der Waals surface area contributed by atoms with Gasteiger partial charge in [-0.3, -0.25) is 9.36 Å². The molecule has 0 unspecified atom stereocenters. The van der Waals surface area contributed by atoms with Crippen LogP contribution in [0.5, 0.6) is 5.75 Å². The van der Waals surface area contributed by atoms with Gasteiger partial charge in [-0.2, -0.15) is 0 Å². The molecule has 2 aromatic carbocycles. The molecule has 0 bridgehead atoms. The van der Waals surface area contributed by atoms with Gasteiger partial charge in [0.25, 0.3) is 0 Å². The first-order valence-corrected chi connectivity index (χ1v) is 11.7. The molecule has 0 spiro atoms. The van der Waals surface area contributed by atoms with Crippen molar-refractivity contribution in [1.82, 2.24) is 19.7 Å². The van der Waals surface area contributed by atoms with Crippen LogP contribution in [0.1, 0.15) is 11.4 Å². The van der Waals surface area contributed by atoms with Crippen molar-refractivity contribution in [1.29, 1.82) is 0 Å². The predicted molar refractivity (Wildman–Crippen MR) is 130 cm³/mol. The van der Waals surface area contributed by atoms with E-state index in [0.717, 1.165) is 17.0 Å². The number of hydrogen-bond donors (Lipinski definition) is 1. The van der Waals surface area contributed by atoms with Gasteiger partial charge >= 0.3 is 0 Å². The molecule has 1 N–H and O–H groups in total. The summed E-state index contributed by atoms with van der Waals surface area (Å²) in [4.78, 5) is 16.3. The first-order valence-electron chi connectivity index (χ1n) is 9.93. The van der Waals surface area contributed by atoms with Gasteiger partial charge in [-0.05, 0) is 48.9 Å². The second-order valence-corrected chi connectivity index (χ2v) is 8.63. The number of carbonyl (C=O) groups excluding carboxylic acids is 1. The number of ether oxygens (including phenoxy) is 1. The molecule has 0 aliphatic heterocycles. The average Bonchev–Trinajstić information content (AvgIpc) is 3.19. The average molecular weight is 500 g/mol. The summed E-state index contributed by atoms with van der Waals surface area (Å²) < 4.78 is 7.74. The molecule has 2 aromatic heterocycles. The van der Waals surface area contributed by atoms with Crippen molar-refractivity contribution in [3.63, 3.8) is 0 Å². The van der Waals surface area contributed by atoms with E-state index in [0.29, 0.717) is 23.3 Å². The van der Waals surface area contributed by atoms with Crippen LogP contribution in [0.3, 0.4) is 0 Å². The van der Waals surface area contributed by atoms with Crippen LogP contribution in [0.15, 0.2) is 71.9 Å². The first kappa shape index (κ1) is 23.1. The van der Waals surface area contributed by atoms with E-state index in [9.17, 15) is 4.79 Å². The fraction of sp³-hybridized carbons (Fsp3) is 0.130. The Labute approximate surface area is 205 Å². The minimum absolute atomic E-state index is 0.120. The summed E-state index contributed by atoms with van der Waals surface area (Å²) in [7, 11) is 0. The Balaban J connectivity index is 1.39. The zero-order valence-electron chi connectivity index (χ0n) is 17.5. The van der Waals surface area contributed by atoms with Crippen LogP contribution in [0.25, 0.3) is 5.69 Å². The fourth-order valence-electron chi connectivity index (χ4n) is 2.99. The van der Waals surface area contributed by atoms with Crippen LogP contribution in [-0.4, -0.2) is 31.4 Å². The van der Waals surface area contributed by atoms with Crippen LogP contribution in [-0.2, 0) is 11.4 Å². The number of hydrogen-bond acceptors (Lipinski definition) is 6. The summed E-state index contributed by atoms with van der Waals surface area (Å²) in [5, 5.41) is 12.1. The smallest absolute Gasteiger partial charge is 0.234 e. The highest BCUT2D eigenvalue weighted by Crippen LogP contribution is 2.25. The van der Waals surface area contributed by atoms with Gasteiger partial charge in [0.05, 0.1) is 11.4 Å². The number of pyridine rings is 1. The maximum atomic E-state index is 12.4. The maximum Gasteiger partial charge on any atom is 0.234 e. The Hall–Kier alpha value is -3.07. The minimum Gasteiger partial charge on any atom is -0.489 e. The van der Waals surface area contributed by atoms with E-state index < -0.39 is 0 Å².